The van der Waals surface area contributed by atoms with Crippen molar-refractivity contribution in [2.75, 3.05) is 31.5 Å². The van der Waals surface area contributed by atoms with Gasteiger partial charge in [0.1, 0.15) is 34.2 Å². The number of nitrogens with one attached hydrogen (secondary N) is 2. The zero-order valence-electron chi connectivity index (χ0n) is 26.5. The van der Waals surface area contributed by atoms with Crippen LogP contribution in [-0.4, -0.2) is 71.6 Å². The molecule has 2 fully saturated rings. The van der Waals surface area contributed by atoms with Crippen LogP contribution in [0.4, 0.5) is 23.7 Å². The Morgan fingerprint density at radius 3 is 2.35 bits per heavy atom. The second-order valence-corrected chi connectivity index (χ2v) is 12.7. The number of ether oxygens (including phenoxy) is 1. The Labute approximate surface area is 285 Å². The Morgan fingerprint density at radius 1 is 1.06 bits per heavy atom. The van der Waals surface area contributed by atoms with Crippen LogP contribution in [0.3, 0.4) is 0 Å². The third-order valence-electron chi connectivity index (χ3n) is 9.03. The fraction of sp³-hybridized carbons (Fsp3) is 0.382. The average molecular weight is 699 g/mol. The average Bonchev–Trinajstić information content (AvgIpc) is 3.04. The number of anilines is 1. The molecule has 0 aromatic heterocycles. The highest BCUT2D eigenvalue weighted by Crippen LogP contribution is 2.36. The summed E-state index contributed by atoms with van der Waals surface area (Å²) in [6.45, 7) is 2.37. The minimum Gasteiger partial charge on any atom is -0.530 e. The summed E-state index contributed by atoms with van der Waals surface area (Å²) in [4.78, 5) is 43.6. The maximum Gasteiger partial charge on any atom is 0.257 e. The molecule has 3 aromatic carbocycles. The van der Waals surface area contributed by atoms with E-state index in [1.165, 1.54) is 42.2 Å². The predicted octanol–water partition coefficient (Wildman–Crippen LogP) is 4.80. The standard InChI is InChI=1S/C34H34ClF3N6O5/c1-20(45)43-13-11-34(12-14-43)19-44(33(47)48)18-26(49-34)9-10-27-28(38)3-2-4-29(27)40-32(46)31(41-42-39)30(21-5-7-23(35)8-6-21)22-15-24(36)17-25(37)16-22/h2-8,15-17,26,30-31,39H,9-14,18-19H2,1H3,(H-,40,46,47,48)/t26?,30-,31-/m0/s1. The normalized spacial score (nSPS) is 18.3. The molecule has 258 valence electrons. The molecular formula is C34H34ClF3N6O5. The second kappa shape index (κ2) is 15.2. The molecule has 0 bridgehead atoms. The van der Waals surface area contributed by atoms with Crippen LogP contribution in [0.5, 0.6) is 0 Å². The predicted molar refractivity (Wildman–Crippen MR) is 170 cm³/mol. The van der Waals surface area contributed by atoms with Gasteiger partial charge in [0.25, 0.3) is 5.91 Å². The summed E-state index contributed by atoms with van der Waals surface area (Å²) in [7, 11) is 0. The maximum atomic E-state index is 15.4. The van der Waals surface area contributed by atoms with E-state index < -0.39 is 53.1 Å². The van der Waals surface area contributed by atoms with Crippen molar-refractivity contribution in [2.45, 2.75) is 56.3 Å². The van der Waals surface area contributed by atoms with E-state index in [2.05, 4.69) is 15.3 Å². The zero-order chi connectivity index (χ0) is 35.3. The fourth-order valence-corrected chi connectivity index (χ4v) is 6.76. The Kier molecular flexibility index (Phi) is 11.0. The van der Waals surface area contributed by atoms with Gasteiger partial charge in [0.05, 0.1) is 11.7 Å². The zero-order valence-corrected chi connectivity index (χ0v) is 27.3. The number of hydrogen-bond donors (Lipinski definition) is 2. The third-order valence-corrected chi connectivity index (χ3v) is 9.28. The van der Waals surface area contributed by atoms with E-state index in [-0.39, 0.29) is 48.7 Å². The number of likely N-dealkylation sites (tertiary alicyclic amines) is 1. The lowest BCUT2D eigenvalue weighted by Crippen LogP contribution is -2.62. The number of rotatable bonds is 9. The molecule has 11 nitrogen and oxygen atoms in total. The van der Waals surface area contributed by atoms with Crippen molar-refractivity contribution in [1.82, 2.24) is 14.7 Å². The second-order valence-electron chi connectivity index (χ2n) is 12.3. The molecule has 15 heteroatoms. The van der Waals surface area contributed by atoms with Gasteiger partial charge in [0.2, 0.25) is 16.9 Å². The van der Waals surface area contributed by atoms with E-state index in [9.17, 15) is 28.3 Å². The molecule has 3 atom stereocenters. The van der Waals surface area contributed by atoms with Crippen molar-refractivity contribution in [3.63, 3.8) is 0 Å². The number of morpholine rings is 1. The van der Waals surface area contributed by atoms with E-state index in [0.717, 1.165) is 12.1 Å². The molecule has 2 aliphatic heterocycles. The first-order valence-electron chi connectivity index (χ1n) is 15.6. The van der Waals surface area contributed by atoms with Gasteiger partial charge in [-0.15, -0.1) is 0 Å². The highest BCUT2D eigenvalue weighted by molar-refractivity contribution is 6.30. The van der Waals surface area contributed by atoms with Crippen LogP contribution in [0.1, 0.15) is 48.8 Å². The van der Waals surface area contributed by atoms with Gasteiger partial charge in [0, 0.05) is 61.4 Å². The fourth-order valence-electron chi connectivity index (χ4n) is 6.64. The van der Waals surface area contributed by atoms with Gasteiger partial charge < -0.3 is 29.8 Å². The smallest absolute Gasteiger partial charge is 0.257 e. The van der Waals surface area contributed by atoms with Gasteiger partial charge in [-0.25, -0.2) is 13.2 Å². The number of piperidine rings is 1. The van der Waals surface area contributed by atoms with Gasteiger partial charge in [-0.3, -0.25) is 9.59 Å². The summed E-state index contributed by atoms with van der Waals surface area (Å²) < 4.78 is 50.6. The Balaban J connectivity index is 1.39. The summed E-state index contributed by atoms with van der Waals surface area (Å²) in [5.74, 6) is -4.46. The van der Waals surface area contributed by atoms with Crippen molar-refractivity contribution in [3.8, 4) is 0 Å². The van der Waals surface area contributed by atoms with Crippen LogP contribution >= 0.6 is 11.6 Å². The van der Waals surface area contributed by atoms with E-state index in [4.69, 9.17) is 21.9 Å². The lowest BCUT2D eigenvalue weighted by atomic mass is 9.84. The number of hydrogen-bond acceptors (Lipinski definition) is 7. The highest BCUT2D eigenvalue weighted by Gasteiger charge is 2.43. The SMILES string of the molecule is CC(=O)N1CCC2(CC1)CN(C(=O)[O-])CC(CCc1c(F)cccc1NC(=O)[C@@H](N=[N+]=N)[C@@H](c1ccc(Cl)cc1)c1cc(F)cc(F)c1)O2. The molecule has 2 saturated heterocycles. The quantitative estimate of drug-likeness (QED) is 0.243. The lowest BCUT2D eigenvalue weighted by molar-refractivity contribution is -0.278. The van der Waals surface area contributed by atoms with Gasteiger partial charge in [-0.05, 0) is 73.2 Å². The summed E-state index contributed by atoms with van der Waals surface area (Å²) in [5.41, 5.74) is 7.22. The highest BCUT2D eigenvalue weighted by atomic mass is 35.5. The largest absolute Gasteiger partial charge is 0.530 e. The molecule has 0 aliphatic carbocycles. The van der Waals surface area contributed by atoms with Crippen molar-refractivity contribution >= 4 is 35.2 Å². The summed E-state index contributed by atoms with van der Waals surface area (Å²) in [6, 6.07) is 11.5. The van der Waals surface area contributed by atoms with Gasteiger partial charge in [0.15, 0.2) is 0 Å². The summed E-state index contributed by atoms with van der Waals surface area (Å²) in [6.07, 6.45) is -0.945. The molecule has 5 rings (SSSR count). The summed E-state index contributed by atoms with van der Waals surface area (Å²) in [5, 5.41) is 18.8. The van der Waals surface area contributed by atoms with Crippen LogP contribution in [0.15, 0.2) is 65.8 Å². The number of benzene rings is 3. The molecule has 1 spiro atoms. The lowest BCUT2D eigenvalue weighted by Gasteiger charge is -2.50. The molecule has 2 aliphatic rings. The monoisotopic (exact) mass is 698 g/mol. The number of halogens is 4. The first-order valence-corrected chi connectivity index (χ1v) is 16.0. The van der Waals surface area contributed by atoms with Crippen molar-refractivity contribution in [3.05, 3.63) is 99.8 Å². The van der Waals surface area contributed by atoms with E-state index in [1.807, 2.05) is 0 Å². The van der Waals surface area contributed by atoms with Crippen LogP contribution < -0.4 is 15.3 Å². The van der Waals surface area contributed by atoms with Gasteiger partial charge in [-0.2, -0.15) is 0 Å². The molecule has 2 heterocycles. The molecule has 2 N–H and O–H groups in total. The van der Waals surface area contributed by atoms with E-state index >= 15 is 4.39 Å². The maximum absolute atomic E-state index is 15.4. The van der Waals surface area contributed by atoms with Crippen LogP contribution in [0, 0.1) is 23.0 Å². The number of carbonyl (C=O) groups is 3. The minimum absolute atomic E-state index is 0.00439. The van der Waals surface area contributed by atoms with Crippen molar-refractivity contribution in [1.29, 1.82) is 5.53 Å². The molecule has 0 saturated carbocycles. The molecule has 3 amide bonds. The minimum atomic E-state index is -1.52. The first-order chi connectivity index (χ1) is 23.4. The Bertz CT molecular complexity index is 1750. The van der Waals surface area contributed by atoms with Gasteiger partial charge >= 0.3 is 0 Å². The van der Waals surface area contributed by atoms with Crippen LogP contribution in [0.25, 0.3) is 0 Å². The van der Waals surface area contributed by atoms with Crippen molar-refractivity contribution in [2.24, 2.45) is 5.11 Å². The first kappa shape index (κ1) is 35.5. The molecule has 1 unspecified atom stereocenters. The van der Waals surface area contributed by atoms with Gasteiger partial charge in [-0.1, -0.05) is 29.8 Å². The summed E-state index contributed by atoms with van der Waals surface area (Å²) >= 11 is 6.06. The van der Waals surface area contributed by atoms with E-state index in [1.54, 1.807) is 17.0 Å². The molecule has 3 aromatic rings. The van der Waals surface area contributed by atoms with Crippen molar-refractivity contribution < 1.29 is 37.4 Å². The molecule has 0 radical (unpaired) electrons. The van der Waals surface area contributed by atoms with Crippen LogP contribution in [-0.2, 0) is 20.7 Å². The number of nitrogens with zero attached hydrogens (tertiary/aromatic N) is 4. The van der Waals surface area contributed by atoms with Crippen LogP contribution in [0.2, 0.25) is 5.02 Å². The molecule has 49 heavy (non-hydrogen) atoms. The number of carboxylic acid groups (broad SMARTS) is 1. The third kappa shape index (κ3) is 8.45. The Morgan fingerprint density at radius 2 is 1.73 bits per heavy atom. The van der Waals surface area contributed by atoms with E-state index in [0.29, 0.717) is 42.6 Å². The molecular weight excluding hydrogens is 665 g/mol. The number of carbonyl (C=O) groups excluding carboxylic acids is 3. The number of amides is 3. The topological polar surface area (TPSA) is 152 Å². The Hall–Kier alpha value is -4.78.